The average Bonchev–Trinajstić information content (AvgIpc) is 2.01. The van der Waals surface area contributed by atoms with Crippen molar-refractivity contribution in [3.8, 4) is 6.07 Å². The predicted octanol–water partition coefficient (Wildman–Crippen LogP) is 0.914. The van der Waals surface area contributed by atoms with Crippen LogP contribution < -0.4 is 0 Å². The van der Waals surface area contributed by atoms with Crippen LogP contribution in [-0.2, 0) is 0 Å². The molecule has 3 heteroatoms. The lowest BCUT2D eigenvalue weighted by Gasteiger charge is -2.34. The van der Waals surface area contributed by atoms with Gasteiger partial charge in [0.2, 0.25) is 0 Å². The molecule has 0 unspecified atom stereocenters. The monoisotopic (exact) mass is 171 g/mol. The zero-order valence-corrected chi connectivity index (χ0v) is 8.07. The topological polar surface area (TPSA) is 64.2 Å². The summed E-state index contributed by atoms with van der Waals surface area (Å²) in [6.07, 6.45) is -1.78. The fraction of sp³-hybridized carbons (Fsp3) is 0.889. The van der Waals surface area contributed by atoms with E-state index >= 15 is 0 Å². The summed E-state index contributed by atoms with van der Waals surface area (Å²) < 4.78 is 0. The molecule has 0 spiro atoms. The van der Waals surface area contributed by atoms with Crippen LogP contribution in [0.5, 0.6) is 0 Å². The van der Waals surface area contributed by atoms with Crippen molar-refractivity contribution in [2.45, 2.75) is 39.9 Å². The molecule has 2 N–H and O–H groups in total. The number of hydrogen-bond donors (Lipinski definition) is 2. The average molecular weight is 171 g/mol. The van der Waals surface area contributed by atoms with Gasteiger partial charge in [-0.25, -0.2) is 0 Å². The van der Waals surface area contributed by atoms with Crippen LogP contribution in [0, 0.1) is 22.7 Å². The van der Waals surface area contributed by atoms with Gasteiger partial charge in [0.1, 0.15) is 6.10 Å². The van der Waals surface area contributed by atoms with Crippen LogP contribution in [0.15, 0.2) is 0 Å². The molecule has 0 aromatic carbocycles. The Kier molecular flexibility index (Phi) is 3.69. The lowest BCUT2D eigenvalue weighted by molar-refractivity contribution is -0.0459. The molecule has 0 amide bonds. The number of nitrogens with zero attached hydrogens (tertiary/aromatic N) is 1. The van der Waals surface area contributed by atoms with Crippen LogP contribution in [-0.4, -0.2) is 22.4 Å². The Bertz CT molecular complexity index is 181. The number of aliphatic hydroxyl groups is 2. The van der Waals surface area contributed by atoms with E-state index in [4.69, 9.17) is 5.26 Å². The van der Waals surface area contributed by atoms with Crippen molar-refractivity contribution in [1.82, 2.24) is 0 Å². The molecule has 0 rings (SSSR count). The van der Waals surface area contributed by atoms with Gasteiger partial charge in [0.25, 0.3) is 0 Å². The second kappa shape index (κ2) is 3.88. The van der Waals surface area contributed by atoms with Crippen LogP contribution in [0.25, 0.3) is 0 Å². The second-order valence-electron chi connectivity index (χ2n) is 4.04. The van der Waals surface area contributed by atoms with E-state index in [1.807, 2.05) is 13.8 Å². The maximum Gasteiger partial charge on any atom is 0.148 e. The molecule has 0 bridgehead atoms. The number of aliphatic hydroxyl groups excluding tert-OH is 2. The summed E-state index contributed by atoms with van der Waals surface area (Å²) in [6.45, 7) is 7.09. The van der Waals surface area contributed by atoms with Crippen molar-refractivity contribution in [2.75, 3.05) is 0 Å². The Balaban J connectivity index is 4.51. The van der Waals surface area contributed by atoms with Crippen molar-refractivity contribution < 1.29 is 10.2 Å². The van der Waals surface area contributed by atoms with Gasteiger partial charge in [-0.15, -0.1) is 0 Å². The second-order valence-corrected chi connectivity index (χ2v) is 4.04. The van der Waals surface area contributed by atoms with Gasteiger partial charge in [0.15, 0.2) is 0 Å². The van der Waals surface area contributed by atoms with Crippen molar-refractivity contribution >= 4 is 0 Å². The standard InChI is InChI=1S/C9H17NO2/c1-6(2)8(12)9(3,4)7(11)5-10/h6-8,11-12H,1-4H3/t7-,8-/m0/s1. The minimum absolute atomic E-state index is 0.0444. The number of nitriles is 1. The molecule has 3 nitrogen and oxygen atoms in total. The van der Waals surface area contributed by atoms with Gasteiger partial charge in [-0.1, -0.05) is 27.7 Å². The third-order valence-electron chi connectivity index (χ3n) is 2.22. The zero-order valence-electron chi connectivity index (χ0n) is 8.07. The van der Waals surface area contributed by atoms with E-state index in [1.165, 1.54) is 0 Å². The molecule has 0 aliphatic heterocycles. The molecular formula is C9H17NO2. The summed E-state index contributed by atoms with van der Waals surface area (Å²) in [4.78, 5) is 0. The van der Waals surface area contributed by atoms with Crippen LogP contribution in [0.4, 0.5) is 0 Å². The Labute approximate surface area is 73.6 Å². The molecule has 0 saturated carbocycles. The van der Waals surface area contributed by atoms with Crippen molar-refractivity contribution in [1.29, 1.82) is 5.26 Å². The lowest BCUT2D eigenvalue weighted by Crippen LogP contribution is -2.42. The zero-order chi connectivity index (χ0) is 9.94. The third-order valence-corrected chi connectivity index (χ3v) is 2.22. The Morgan fingerprint density at radius 2 is 1.67 bits per heavy atom. The maximum absolute atomic E-state index is 9.64. The normalized spacial score (nSPS) is 17.2. The van der Waals surface area contributed by atoms with Crippen LogP contribution >= 0.6 is 0 Å². The third kappa shape index (κ3) is 2.20. The Hall–Kier alpha value is -0.590. The van der Waals surface area contributed by atoms with Gasteiger partial charge >= 0.3 is 0 Å². The first-order valence-corrected chi connectivity index (χ1v) is 4.09. The summed E-state index contributed by atoms with van der Waals surface area (Å²) in [5, 5.41) is 27.4. The first-order chi connectivity index (χ1) is 5.34. The number of rotatable bonds is 3. The molecule has 0 fully saturated rings. The summed E-state index contributed by atoms with van der Waals surface area (Å²) in [5.74, 6) is 0.0444. The van der Waals surface area contributed by atoms with E-state index < -0.39 is 17.6 Å². The Morgan fingerprint density at radius 1 is 1.25 bits per heavy atom. The van der Waals surface area contributed by atoms with Crippen LogP contribution in [0.1, 0.15) is 27.7 Å². The quantitative estimate of drug-likeness (QED) is 0.620. The van der Waals surface area contributed by atoms with E-state index in [2.05, 4.69) is 0 Å². The molecule has 0 aromatic rings. The van der Waals surface area contributed by atoms with E-state index in [1.54, 1.807) is 19.9 Å². The van der Waals surface area contributed by atoms with E-state index in [9.17, 15) is 10.2 Å². The highest BCUT2D eigenvalue weighted by molar-refractivity contribution is 4.98. The molecule has 0 saturated heterocycles. The highest BCUT2D eigenvalue weighted by atomic mass is 16.3. The molecule has 0 heterocycles. The SMILES string of the molecule is CC(C)[C@H](O)C(C)(C)[C@@H](O)C#N. The first kappa shape index (κ1) is 11.4. The highest BCUT2D eigenvalue weighted by Crippen LogP contribution is 2.29. The van der Waals surface area contributed by atoms with Gasteiger partial charge in [0.05, 0.1) is 12.2 Å². The molecule has 0 radical (unpaired) electrons. The largest absolute Gasteiger partial charge is 0.392 e. The first-order valence-electron chi connectivity index (χ1n) is 4.09. The maximum atomic E-state index is 9.64. The minimum atomic E-state index is -1.12. The van der Waals surface area contributed by atoms with Gasteiger partial charge in [0, 0.05) is 5.41 Å². The van der Waals surface area contributed by atoms with Gasteiger partial charge < -0.3 is 10.2 Å². The summed E-state index contributed by atoms with van der Waals surface area (Å²) in [5.41, 5.74) is -0.761. The molecule has 0 aliphatic carbocycles. The Morgan fingerprint density at radius 3 is 1.92 bits per heavy atom. The molecule has 0 aromatic heterocycles. The van der Waals surface area contributed by atoms with E-state index in [0.717, 1.165) is 0 Å². The predicted molar refractivity (Wildman–Crippen MR) is 46.2 cm³/mol. The van der Waals surface area contributed by atoms with E-state index in [0.29, 0.717) is 0 Å². The smallest absolute Gasteiger partial charge is 0.148 e. The highest BCUT2D eigenvalue weighted by Gasteiger charge is 2.37. The minimum Gasteiger partial charge on any atom is -0.392 e. The van der Waals surface area contributed by atoms with Crippen molar-refractivity contribution in [3.63, 3.8) is 0 Å². The molecule has 2 atom stereocenters. The fourth-order valence-corrected chi connectivity index (χ4v) is 1.19. The van der Waals surface area contributed by atoms with Crippen molar-refractivity contribution in [3.05, 3.63) is 0 Å². The summed E-state index contributed by atoms with van der Waals surface area (Å²) >= 11 is 0. The molecule has 0 aliphatic rings. The van der Waals surface area contributed by atoms with Crippen LogP contribution in [0.3, 0.4) is 0 Å². The lowest BCUT2D eigenvalue weighted by atomic mass is 9.77. The van der Waals surface area contributed by atoms with Gasteiger partial charge in [-0.3, -0.25) is 0 Å². The molecular weight excluding hydrogens is 154 g/mol. The fourth-order valence-electron chi connectivity index (χ4n) is 1.19. The van der Waals surface area contributed by atoms with Gasteiger partial charge in [-0.05, 0) is 5.92 Å². The molecule has 70 valence electrons. The molecule has 12 heavy (non-hydrogen) atoms. The summed E-state index contributed by atoms with van der Waals surface area (Å²) in [7, 11) is 0. The van der Waals surface area contributed by atoms with Gasteiger partial charge in [-0.2, -0.15) is 5.26 Å². The van der Waals surface area contributed by atoms with Crippen molar-refractivity contribution in [2.24, 2.45) is 11.3 Å². The number of hydrogen-bond acceptors (Lipinski definition) is 3. The van der Waals surface area contributed by atoms with Crippen LogP contribution in [0.2, 0.25) is 0 Å². The summed E-state index contributed by atoms with van der Waals surface area (Å²) in [6, 6.07) is 1.74. The van der Waals surface area contributed by atoms with E-state index in [-0.39, 0.29) is 5.92 Å².